The lowest BCUT2D eigenvalue weighted by Gasteiger charge is -2.28. The maximum atomic E-state index is 12.0. The smallest absolute Gasteiger partial charge is 0.227 e. The van der Waals surface area contributed by atoms with Gasteiger partial charge < -0.3 is 16.8 Å². The standard InChI is InChI=1S/C12H25N3O2/c1-3-12(4-2,9-13)11(17)15-8-6-5-7-10(14)16/h3-9,13H2,1-2H3,(H2,14,16)(H,15,17). The Morgan fingerprint density at radius 3 is 2.18 bits per heavy atom. The van der Waals surface area contributed by atoms with Crippen molar-refractivity contribution in [2.45, 2.75) is 46.0 Å². The molecule has 0 radical (unpaired) electrons. The monoisotopic (exact) mass is 243 g/mol. The molecule has 17 heavy (non-hydrogen) atoms. The first-order chi connectivity index (χ1) is 8.02. The molecule has 0 aromatic carbocycles. The Morgan fingerprint density at radius 2 is 1.76 bits per heavy atom. The summed E-state index contributed by atoms with van der Waals surface area (Å²) in [7, 11) is 0. The molecule has 5 N–H and O–H groups in total. The van der Waals surface area contributed by atoms with Gasteiger partial charge in [0.2, 0.25) is 11.8 Å². The van der Waals surface area contributed by atoms with E-state index >= 15 is 0 Å². The Hall–Kier alpha value is -1.10. The van der Waals surface area contributed by atoms with Crippen LogP contribution in [0, 0.1) is 5.41 Å². The Bertz CT molecular complexity index is 242. The highest BCUT2D eigenvalue weighted by molar-refractivity contribution is 5.82. The summed E-state index contributed by atoms with van der Waals surface area (Å²) >= 11 is 0. The van der Waals surface area contributed by atoms with Crippen LogP contribution >= 0.6 is 0 Å². The highest BCUT2D eigenvalue weighted by atomic mass is 16.2. The van der Waals surface area contributed by atoms with Gasteiger partial charge in [-0.2, -0.15) is 0 Å². The molecule has 0 aliphatic rings. The molecule has 100 valence electrons. The van der Waals surface area contributed by atoms with Crippen molar-refractivity contribution >= 4 is 11.8 Å². The SMILES string of the molecule is CCC(CC)(CN)C(=O)NCCCCC(N)=O. The highest BCUT2D eigenvalue weighted by Gasteiger charge is 2.32. The number of carbonyl (C=O) groups excluding carboxylic acids is 2. The van der Waals surface area contributed by atoms with Crippen LogP contribution in [0.15, 0.2) is 0 Å². The number of carbonyl (C=O) groups is 2. The zero-order valence-corrected chi connectivity index (χ0v) is 10.9. The summed E-state index contributed by atoms with van der Waals surface area (Å²) in [6.45, 7) is 4.90. The molecule has 0 aliphatic carbocycles. The number of amides is 2. The molecule has 0 aliphatic heterocycles. The molecule has 0 aromatic heterocycles. The average Bonchev–Trinajstić information content (AvgIpc) is 2.31. The van der Waals surface area contributed by atoms with Crippen LogP contribution in [0.1, 0.15) is 46.0 Å². The molecule has 5 heteroatoms. The largest absolute Gasteiger partial charge is 0.370 e. The van der Waals surface area contributed by atoms with Gasteiger partial charge in [0.25, 0.3) is 0 Å². The lowest BCUT2D eigenvalue weighted by atomic mass is 9.81. The van der Waals surface area contributed by atoms with Gasteiger partial charge in [-0.3, -0.25) is 9.59 Å². The van der Waals surface area contributed by atoms with Gasteiger partial charge in [-0.05, 0) is 25.7 Å². The van der Waals surface area contributed by atoms with E-state index in [0.29, 0.717) is 25.9 Å². The first kappa shape index (κ1) is 15.9. The number of primary amides is 1. The van der Waals surface area contributed by atoms with Gasteiger partial charge >= 0.3 is 0 Å². The predicted octanol–water partition coefficient (Wildman–Crippen LogP) is 0.523. The Morgan fingerprint density at radius 1 is 1.18 bits per heavy atom. The molecule has 2 amide bonds. The summed E-state index contributed by atoms with van der Waals surface area (Å²) in [5.74, 6) is -0.279. The molecular weight excluding hydrogens is 218 g/mol. The molecule has 5 nitrogen and oxygen atoms in total. The van der Waals surface area contributed by atoms with Crippen LogP contribution in [0.3, 0.4) is 0 Å². The molecule has 0 spiro atoms. The van der Waals surface area contributed by atoms with E-state index < -0.39 is 5.41 Å². The summed E-state index contributed by atoms with van der Waals surface area (Å²) < 4.78 is 0. The minimum absolute atomic E-state index is 0.0177. The van der Waals surface area contributed by atoms with E-state index in [-0.39, 0.29) is 11.8 Å². The molecule has 0 atom stereocenters. The van der Waals surface area contributed by atoms with Crippen LogP contribution < -0.4 is 16.8 Å². The second kappa shape index (κ2) is 8.06. The Balaban J connectivity index is 3.95. The van der Waals surface area contributed by atoms with Crippen molar-refractivity contribution in [1.29, 1.82) is 0 Å². The second-order valence-corrected chi connectivity index (χ2v) is 4.37. The zero-order valence-electron chi connectivity index (χ0n) is 10.9. The Kier molecular flexibility index (Phi) is 7.54. The summed E-state index contributed by atoms with van der Waals surface area (Å²) in [5, 5.41) is 2.88. The van der Waals surface area contributed by atoms with Gasteiger partial charge in [-0.15, -0.1) is 0 Å². The van der Waals surface area contributed by atoms with Crippen molar-refractivity contribution in [2.24, 2.45) is 16.9 Å². The molecule has 0 bridgehead atoms. The van der Waals surface area contributed by atoms with E-state index in [9.17, 15) is 9.59 Å². The summed E-state index contributed by atoms with van der Waals surface area (Å²) in [5.41, 5.74) is 10.3. The number of rotatable bonds is 9. The van der Waals surface area contributed by atoms with Crippen LogP contribution in [0.5, 0.6) is 0 Å². The highest BCUT2D eigenvalue weighted by Crippen LogP contribution is 2.24. The lowest BCUT2D eigenvalue weighted by Crippen LogP contribution is -2.45. The van der Waals surface area contributed by atoms with Crippen molar-refractivity contribution in [3.63, 3.8) is 0 Å². The molecule has 0 saturated carbocycles. The Labute approximate surface area is 103 Å². The van der Waals surface area contributed by atoms with Crippen LogP contribution in [-0.2, 0) is 9.59 Å². The normalized spacial score (nSPS) is 11.2. The van der Waals surface area contributed by atoms with Crippen molar-refractivity contribution in [2.75, 3.05) is 13.1 Å². The first-order valence-electron chi connectivity index (χ1n) is 6.29. The van der Waals surface area contributed by atoms with E-state index in [1.165, 1.54) is 0 Å². The van der Waals surface area contributed by atoms with E-state index in [1.54, 1.807) is 0 Å². The summed E-state index contributed by atoms with van der Waals surface area (Å²) in [6, 6.07) is 0. The quantitative estimate of drug-likeness (QED) is 0.515. The van der Waals surface area contributed by atoms with Crippen LogP contribution in [0.25, 0.3) is 0 Å². The molecule has 0 unspecified atom stereocenters. The van der Waals surface area contributed by atoms with Gasteiger partial charge in [-0.1, -0.05) is 13.8 Å². The fourth-order valence-electron chi connectivity index (χ4n) is 1.77. The topological polar surface area (TPSA) is 98.2 Å². The van der Waals surface area contributed by atoms with Gasteiger partial charge in [0, 0.05) is 19.5 Å². The van der Waals surface area contributed by atoms with Gasteiger partial charge in [0.1, 0.15) is 0 Å². The van der Waals surface area contributed by atoms with Gasteiger partial charge in [0.15, 0.2) is 0 Å². The van der Waals surface area contributed by atoms with Crippen LogP contribution in [0.4, 0.5) is 0 Å². The third-order valence-corrected chi connectivity index (χ3v) is 3.36. The van der Waals surface area contributed by atoms with Gasteiger partial charge in [-0.25, -0.2) is 0 Å². The second-order valence-electron chi connectivity index (χ2n) is 4.37. The minimum atomic E-state index is -0.441. The third-order valence-electron chi connectivity index (χ3n) is 3.36. The van der Waals surface area contributed by atoms with Crippen molar-refractivity contribution in [3.8, 4) is 0 Å². The van der Waals surface area contributed by atoms with Crippen molar-refractivity contribution in [1.82, 2.24) is 5.32 Å². The predicted molar refractivity (Wildman–Crippen MR) is 68.1 cm³/mol. The maximum Gasteiger partial charge on any atom is 0.227 e. The third kappa shape index (κ3) is 5.17. The number of hydrogen-bond acceptors (Lipinski definition) is 3. The molecule has 0 saturated heterocycles. The van der Waals surface area contributed by atoms with Crippen LogP contribution in [-0.4, -0.2) is 24.9 Å². The van der Waals surface area contributed by atoms with Gasteiger partial charge in [0.05, 0.1) is 5.41 Å². The molecular formula is C12H25N3O2. The minimum Gasteiger partial charge on any atom is -0.370 e. The van der Waals surface area contributed by atoms with Crippen molar-refractivity contribution < 1.29 is 9.59 Å². The fraction of sp³-hybridized carbons (Fsp3) is 0.833. The van der Waals surface area contributed by atoms with Crippen LogP contribution in [0.2, 0.25) is 0 Å². The molecule has 0 fully saturated rings. The number of nitrogens with one attached hydrogen (secondary N) is 1. The van der Waals surface area contributed by atoms with E-state index in [1.807, 2.05) is 13.8 Å². The summed E-state index contributed by atoms with van der Waals surface area (Å²) in [6.07, 6.45) is 3.34. The van der Waals surface area contributed by atoms with E-state index in [2.05, 4.69) is 5.32 Å². The van der Waals surface area contributed by atoms with E-state index in [4.69, 9.17) is 11.5 Å². The number of hydrogen-bond donors (Lipinski definition) is 3. The zero-order chi connectivity index (χ0) is 13.3. The lowest BCUT2D eigenvalue weighted by molar-refractivity contribution is -0.131. The first-order valence-corrected chi connectivity index (χ1v) is 6.29. The summed E-state index contributed by atoms with van der Waals surface area (Å²) in [4.78, 5) is 22.5. The molecule has 0 aromatic rings. The van der Waals surface area contributed by atoms with E-state index in [0.717, 1.165) is 19.3 Å². The number of unbranched alkanes of at least 4 members (excludes halogenated alkanes) is 1. The van der Waals surface area contributed by atoms with Crippen molar-refractivity contribution in [3.05, 3.63) is 0 Å². The molecule has 0 heterocycles. The average molecular weight is 243 g/mol. The maximum absolute atomic E-state index is 12.0. The number of nitrogens with two attached hydrogens (primary N) is 2. The fourth-order valence-corrected chi connectivity index (χ4v) is 1.77. The molecule has 0 rings (SSSR count).